The molecule has 1 aliphatic rings. The highest BCUT2D eigenvalue weighted by Crippen LogP contribution is 2.46. The van der Waals surface area contributed by atoms with E-state index in [1.54, 1.807) is 6.92 Å². The first-order valence-electron chi connectivity index (χ1n) is 12.9. The normalized spacial score (nSPS) is 17.5. The van der Waals surface area contributed by atoms with E-state index < -0.39 is 53.5 Å². The van der Waals surface area contributed by atoms with Crippen molar-refractivity contribution in [2.24, 2.45) is 5.73 Å². The zero-order valence-corrected chi connectivity index (χ0v) is 23.0. The number of aliphatic hydroxyl groups is 1. The number of aromatic nitrogens is 1. The molecule has 4 rings (SSSR count). The molecule has 0 fully saturated rings. The molecule has 42 heavy (non-hydrogen) atoms. The van der Waals surface area contributed by atoms with Crippen molar-refractivity contribution < 1.29 is 41.7 Å². The maximum absolute atomic E-state index is 14.5. The number of amides is 2. The Morgan fingerprint density at radius 2 is 1.86 bits per heavy atom. The van der Waals surface area contributed by atoms with Gasteiger partial charge in [0.2, 0.25) is 5.91 Å². The van der Waals surface area contributed by atoms with Crippen molar-refractivity contribution >= 4 is 17.5 Å². The van der Waals surface area contributed by atoms with Gasteiger partial charge in [0, 0.05) is 29.8 Å². The molecule has 3 aromatic rings. The van der Waals surface area contributed by atoms with E-state index >= 15 is 0 Å². The van der Waals surface area contributed by atoms with Crippen LogP contribution in [0.15, 0.2) is 48.5 Å². The van der Waals surface area contributed by atoms with E-state index in [4.69, 9.17) is 15.2 Å². The fraction of sp³-hybridized carbons (Fsp3) is 0.345. The maximum atomic E-state index is 14.5. The Bertz CT molecular complexity index is 1480. The number of hydrogen-bond acceptors (Lipinski definition) is 7. The Morgan fingerprint density at radius 1 is 1.17 bits per heavy atom. The van der Waals surface area contributed by atoms with Gasteiger partial charge in [-0.25, -0.2) is 9.37 Å². The number of hydrogen-bond donors (Lipinski definition) is 4. The topological polar surface area (TPSA) is 136 Å². The largest absolute Gasteiger partial charge is 0.495 e. The lowest BCUT2D eigenvalue weighted by Gasteiger charge is -2.24. The van der Waals surface area contributed by atoms with Crippen LogP contribution in [0.4, 0.5) is 23.2 Å². The van der Waals surface area contributed by atoms with E-state index in [-0.39, 0.29) is 47.0 Å². The third-order valence-electron chi connectivity index (χ3n) is 7.02. The minimum Gasteiger partial charge on any atom is -0.495 e. The van der Waals surface area contributed by atoms with E-state index in [1.807, 2.05) is 0 Å². The molecule has 13 heteroatoms. The van der Waals surface area contributed by atoms with Crippen molar-refractivity contribution in [3.63, 3.8) is 0 Å². The third-order valence-corrected chi connectivity index (χ3v) is 7.02. The molecule has 2 amide bonds. The summed E-state index contributed by atoms with van der Waals surface area (Å²) >= 11 is 0. The standard InChI is InChI=1S/C29H30F4N4O5/c1-15(38)12-35-21-9-6-17(10-23(21)41-3)26(39)36-13-20(29(31,32)33)22-11-19-25(42-14-28(19,2)27(34)40)24(37-22)16-4-7-18(30)8-5-16/h4-11,15,20,35,38H,12-14H2,1-3H3,(H2,34,40)(H,36,39)/t15-,20-,28+/m1/s1. The highest BCUT2D eigenvalue weighted by Gasteiger charge is 2.47. The van der Waals surface area contributed by atoms with Gasteiger partial charge in [0.05, 0.1) is 24.6 Å². The lowest BCUT2D eigenvalue weighted by Crippen LogP contribution is -2.40. The zero-order chi connectivity index (χ0) is 30.8. The number of halogens is 4. The first-order valence-corrected chi connectivity index (χ1v) is 12.9. The number of rotatable bonds is 10. The van der Waals surface area contributed by atoms with Crippen molar-refractivity contribution in [1.29, 1.82) is 0 Å². The summed E-state index contributed by atoms with van der Waals surface area (Å²) in [5.74, 6) is -4.11. The number of anilines is 1. The second-order valence-corrected chi connectivity index (χ2v) is 10.2. The average Bonchev–Trinajstić information content (AvgIpc) is 3.29. The number of benzene rings is 2. The van der Waals surface area contributed by atoms with E-state index in [1.165, 1.54) is 44.4 Å². The van der Waals surface area contributed by atoms with E-state index in [2.05, 4.69) is 15.6 Å². The minimum atomic E-state index is -4.86. The lowest BCUT2D eigenvalue weighted by molar-refractivity contribution is -0.149. The first-order chi connectivity index (χ1) is 19.7. The predicted molar refractivity (Wildman–Crippen MR) is 146 cm³/mol. The molecular weight excluding hydrogens is 560 g/mol. The summed E-state index contributed by atoms with van der Waals surface area (Å²) in [5, 5.41) is 14.8. The molecule has 0 radical (unpaired) electrons. The number of carbonyl (C=O) groups is 2. The summed E-state index contributed by atoms with van der Waals surface area (Å²) in [6.07, 6.45) is -5.51. The van der Waals surface area contributed by atoms with E-state index in [0.29, 0.717) is 5.69 Å². The van der Waals surface area contributed by atoms with Crippen molar-refractivity contribution in [1.82, 2.24) is 10.3 Å². The molecule has 0 saturated carbocycles. The van der Waals surface area contributed by atoms with Crippen LogP contribution >= 0.6 is 0 Å². The summed E-state index contributed by atoms with van der Waals surface area (Å²) in [6, 6.07) is 10.3. The van der Waals surface area contributed by atoms with Gasteiger partial charge in [-0.3, -0.25) is 9.59 Å². The minimum absolute atomic E-state index is 0.0157. The lowest BCUT2D eigenvalue weighted by atomic mass is 9.82. The Labute approximate surface area is 239 Å². The number of aliphatic hydroxyl groups excluding tert-OH is 1. The zero-order valence-electron chi connectivity index (χ0n) is 23.0. The van der Waals surface area contributed by atoms with Crippen LogP contribution in [0.25, 0.3) is 11.3 Å². The number of ether oxygens (including phenoxy) is 2. The molecule has 9 nitrogen and oxygen atoms in total. The Kier molecular flexibility index (Phi) is 8.62. The first kappa shape index (κ1) is 30.6. The number of nitrogens with zero attached hydrogens (tertiary/aromatic N) is 1. The molecule has 0 bridgehead atoms. The smallest absolute Gasteiger partial charge is 0.398 e. The van der Waals surface area contributed by atoms with Gasteiger partial charge in [0.25, 0.3) is 5.91 Å². The second kappa shape index (κ2) is 11.8. The molecule has 3 atom stereocenters. The maximum Gasteiger partial charge on any atom is 0.398 e. The van der Waals surface area contributed by atoms with Gasteiger partial charge in [0.1, 0.15) is 40.9 Å². The van der Waals surface area contributed by atoms with Crippen molar-refractivity contribution in [2.75, 3.05) is 32.1 Å². The Morgan fingerprint density at radius 3 is 2.45 bits per heavy atom. The monoisotopic (exact) mass is 590 g/mol. The van der Waals surface area contributed by atoms with Crippen LogP contribution in [0.1, 0.15) is 41.4 Å². The molecule has 0 spiro atoms. The number of pyridine rings is 1. The second-order valence-electron chi connectivity index (χ2n) is 10.2. The molecule has 224 valence electrons. The van der Waals surface area contributed by atoms with Gasteiger partial charge in [-0.15, -0.1) is 0 Å². The van der Waals surface area contributed by atoms with E-state index in [9.17, 15) is 32.3 Å². The Balaban J connectivity index is 1.69. The molecular formula is C29H30F4N4O5. The molecule has 2 heterocycles. The quantitative estimate of drug-likeness (QED) is 0.263. The average molecular weight is 591 g/mol. The fourth-order valence-corrected chi connectivity index (χ4v) is 4.51. The number of fused-ring (bicyclic) bond motifs is 1. The van der Waals surface area contributed by atoms with Gasteiger partial charge >= 0.3 is 6.18 Å². The van der Waals surface area contributed by atoms with Crippen LogP contribution in [-0.2, 0) is 10.2 Å². The van der Waals surface area contributed by atoms with Gasteiger partial charge in [0.15, 0.2) is 0 Å². The van der Waals surface area contributed by atoms with Gasteiger partial charge < -0.3 is 30.9 Å². The highest BCUT2D eigenvalue weighted by atomic mass is 19.4. The SMILES string of the molecule is COc1cc(C(=O)NC[C@H](c2cc3c(c(-c4ccc(F)cc4)n2)OC[C@]3(C)C(N)=O)C(F)(F)F)ccc1NC[C@@H](C)O. The molecule has 0 aliphatic carbocycles. The van der Waals surface area contributed by atoms with Gasteiger partial charge in [-0.05, 0) is 62.4 Å². The number of nitrogens with two attached hydrogens (primary N) is 1. The summed E-state index contributed by atoms with van der Waals surface area (Å²) in [7, 11) is 1.37. The molecule has 5 N–H and O–H groups in total. The molecule has 0 saturated heterocycles. The number of primary amides is 1. The van der Waals surface area contributed by atoms with Gasteiger partial charge in [-0.2, -0.15) is 13.2 Å². The summed E-state index contributed by atoms with van der Waals surface area (Å²) in [5.41, 5.74) is 4.58. The summed E-state index contributed by atoms with van der Waals surface area (Å²) < 4.78 is 67.9. The molecule has 1 aliphatic heterocycles. The third kappa shape index (κ3) is 6.25. The molecule has 2 aromatic carbocycles. The van der Waals surface area contributed by atoms with Crippen molar-refractivity contribution in [3.8, 4) is 22.8 Å². The molecule has 1 aromatic heterocycles. The summed E-state index contributed by atoms with van der Waals surface area (Å²) in [4.78, 5) is 29.5. The number of alkyl halides is 3. The van der Waals surface area contributed by atoms with Crippen LogP contribution in [0.5, 0.6) is 11.5 Å². The van der Waals surface area contributed by atoms with Crippen LogP contribution in [0.2, 0.25) is 0 Å². The molecule has 0 unspecified atom stereocenters. The highest BCUT2D eigenvalue weighted by molar-refractivity contribution is 5.95. The summed E-state index contributed by atoms with van der Waals surface area (Å²) in [6.45, 7) is 2.15. The van der Waals surface area contributed by atoms with Crippen molar-refractivity contribution in [2.45, 2.75) is 37.5 Å². The van der Waals surface area contributed by atoms with Crippen LogP contribution in [-0.4, -0.2) is 61.0 Å². The predicted octanol–water partition coefficient (Wildman–Crippen LogP) is 3.90. The fourth-order valence-electron chi connectivity index (χ4n) is 4.51. The van der Waals surface area contributed by atoms with Gasteiger partial charge in [-0.1, -0.05) is 0 Å². The van der Waals surface area contributed by atoms with Crippen LogP contribution < -0.4 is 25.8 Å². The van der Waals surface area contributed by atoms with Crippen molar-refractivity contribution in [3.05, 3.63) is 71.2 Å². The van der Waals surface area contributed by atoms with E-state index in [0.717, 1.165) is 18.2 Å². The Hall–Kier alpha value is -4.39. The van der Waals surface area contributed by atoms with Crippen LogP contribution in [0.3, 0.4) is 0 Å². The number of carbonyl (C=O) groups excluding carboxylic acids is 2. The number of nitrogens with one attached hydrogen (secondary N) is 2. The van der Waals surface area contributed by atoms with Crippen LogP contribution in [0, 0.1) is 5.82 Å². The number of methoxy groups -OCH3 is 1.